The van der Waals surface area contributed by atoms with Crippen molar-refractivity contribution in [2.24, 2.45) is 5.92 Å². The Bertz CT molecular complexity index is 409. The van der Waals surface area contributed by atoms with Gasteiger partial charge in [-0.3, -0.25) is 9.48 Å². The second-order valence-corrected chi connectivity index (χ2v) is 4.46. The lowest BCUT2D eigenvalue weighted by Gasteiger charge is -2.03. The fourth-order valence-electron chi connectivity index (χ4n) is 1.59. The van der Waals surface area contributed by atoms with E-state index in [-0.39, 0.29) is 24.9 Å². The quantitative estimate of drug-likeness (QED) is 0.801. The SMILES string of the molecule is Cl.O=C(CNCC1CC1)Nc1cnn(CC(F)F)c1. The lowest BCUT2D eigenvalue weighted by atomic mass is 10.4. The van der Waals surface area contributed by atoms with Crippen molar-refractivity contribution >= 4 is 24.0 Å². The molecule has 1 heterocycles. The molecule has 2 rings (SSSR count). The van der Waals surface area contributed by atoms with E-state index in [1.54, 1.807) is 0 Å². The van der Waals surface area contributed by atoms with Crippen LogP contribution in [0.25, 0.3) is 0 Å². The number of hydrogen-bond acceptors (Lipinski definition) is 3. The summed E-state index contributed by atoms with van der Waals surface area (Å²) in [7, 11) is 0. The fraction of sp³-hybridized carbons (Fsp3) is 0.636. The van der Waals surface area contributed by atoms with Crippen molar-refractivity contribution in [2.75, 3.05) is 18.4 Å². The van der Waals surface area contributed by atoms with E-state index < -0.39 is 13.0 Å². The highest BCUT2D eigenvalue weighted by atomic mass is 35.5. The molecule has 0 aromatic carbocycles. The molecule has 19 heavy (non-hydrogen) atoms. The number of carbonyl (C=O) groups excluding carboxylic acids is 1. The largest absolute Gasteiger partial charge is 0.322 e. The van der Waals surface area contributed by atoms with Crippen molar-refractivity contribution in [3.05, 3.63) is 12.4 Å². The number of rotatable bonds is 7. The summed E-state index contributed by atoms with van der Waals surface area (Å²) in [6.07, 6.45) is 2.77. The van der Waals surface area contributed by atoms with Crippen molar-refractivity contribution in [1.82, 2.24) is 15.1 Å². The zero-order chi connectivity index (χ0) is 13.0. The molecule has 0 aliphatic heterocycles. The van der Waals surface area contributed by atoms with Crippen LogP contribution >= 0.6 is 12.4 Å². The minimum atomic E-state index is -2.45. The zero-order valence-electron chi connectivity index (χ0n) is 10.3. The van der Waals surface area contributed by atoms with Gasteiger partial charge in [-0.25, -0.2) is 8.78 Å². The fourth-order valence-corrected chi connectivity index (χ4v) is 1.59. The van der Waals surface area contributed by atoms with Gasteiger partial charge in [0, 0.05) is 6.20 Å². The number of aromatic nitrogens is 2. The van der Waals surface area contributed by atoms with E-state index in [0.717, 1.165) is 11.2 Å². The number of hydrogen-bond donors (Lipinski definition) is 2. The van der Waals surface area contributed by atoms with Gasteiger partial charge in [-0.2, -0.15) is 5.10 Å². The Morgan fingerprint density at radius 2 is 2.26 bits per heavy atom. The zero-order valence-corrected chi connectivity index (χ0v) is 11.1. The normalized spacial score (nSPS) is 14.3. The molecule has 0 bridgehead atoms. The van der Waals surface area contributed by atoms with Gasteiger partial charge in [-0.1, -0.05) is 0 Å². The summed E-state index contributed by atoms with van der Waals surface area (Å²) >= 11 is 0. The van der Waals surface area contributed by atoms with Crippen LogP contribution in [0.3, 0.4) is 0 Å². The highest BCUT2D eigenvalue weighted by Gasteiger charge is 2.20. The van der Waals surface area contributed by atoms with Crippen molar-refractivity contribution in [1.29, 1.82) is 0 Å². The summed E-state index contributed by atoms with van der Waals surface area (Å²) < 4.78 is 25.3. The standard InChI is InChI=1S/C11H16F2N4O.ClH/c12-10(13)7-17-6-9(4-15-17)16-11(18)5-14-3-8-1-2-8;/h4,6,8,10,14H,1-3,5,7H2,(H,16,18);1H. The molecule has 5 nitrogen and oxygen atoms in total. The Balaban J connectivity index is 0.00000180. The number of carbonyl (C=O) groups is 1. The molecule has 0 unspecified atom stereocenters. The van der Waals surface area contributed by atoms with Crippen molar-refractivity contribution in [2.45, 2.75) is 25.8 Å². The van der Waals surface area contributed by atoms with Crippen LogP contribution in [0.1, 0.15) is 12.8 Å². The van der Waals surface area contributed by atoms with Gasteiger partial charge in [-0.05, 0) is 25.3 Å². The van der Waals surface area contributed by atoms with E-state index >= 15 is 0 Å². The topological polar surface area (TPSA) is 59.0 Å². The third kappa shape index (κ3) is 5.98. The van der Waals surface area contributed by atoms with Gasteiger partial charge >= 0.3 is 0 Å². The Morgan fingerprint density at radius 1 is 1.53 bits per heavy atom. The first-order chi connectivity index (χ1) is 8.63. The van der Waals surface area contributed by atoms with Crippen LogP contribution in [0.15, 0.2) is 12.4 Å². The van der Waals surface area contributed by atoms with Crippen LogP contribution in [0.5, 0.6) is 0 Å². The second-order valence-electron chi connectivity index (χ2n) is 4.46. The maximum atomic E-state index is 12.1. The summed E-state index contributed by atoms with van der Waals surface area (Å²) in [4.78, 5) is 11.5. The van der Waals surface area contributed by atoms with Crippen molar-refractivity contribution in [3.8, 4) is 0 Å². The predicted molar refractivity (Wildman–Crippen MR) is 69.7 cm³/mol. The number of anilines is 1. The van der Waals surface area contributed by atoms with Crippen molar-refractivity contribution in [3.63, 3.8) is 0 Å². The molecule has 1 aliphatic carbocycles. The maximum absolute atomic E-state index is 12.1. The Morgan fingerprint density at radius 3 is 2.89 bits per heavy atom. The molecular formula is C11H17ClF2N4O. The van der Waals surface area contributed by atoms with Gasteiger partial charge in [0.1, 0.15) is 6.54 Å². The van der Waals surface area contributed by atoms with Gasteiger partial charge < -0.3 is 10.6 Å². The number of halogens is 3. The van der Waals surface area contributed by atoms with Crippen molar-refractivity contribution < 1.29 is 13.6 Å². The highest BCUT2D eigenvalue weighted by Crippen LogP contribution is 2.27. The monoisotopic (exact) mass is 294 g/mol. The lowest BCUT2D eigenvalue weighted by Crippen LogP contribution is -2.29. The van der Waals surface area contributed by atoms with Crippen LogP contribution in [-0.2, 0) is 11.3 Å². The Kier molecular flexibility index (Phi) is 6.17. The van der Waals surface area contributed by atoms with Crippen LogP contribution in [-0.4, -0.2) is 35.2 Å². The van der Waals surface area contributed by atoms with E-state index in [2.05, 4.69) is 15.7 Å². The van der Waals surface area contributed by atoms with Gasteiger partial charge in [0.25, 0.3) is 6.43 Å². The molecule has 0 atom stereocenters. The third-order valence-corrected chi connectivity index (χ3v) is 2.66. The Labute approximate surface area is 116 Å². The average Bonchev–Trinajstić information content (AvgIpc) is 3.00. The summed E-state index contributed by atoms with van der Waals surface area (Å²) in [5.74, 6) is 0.527. The first-order valence-electron chi connectivity index (χ1n) is 5.94. The third-order valence-electron chi connectivity index (χ3n) is 2.66. The number of alkyl halides is 2. The smallest absolute Gasteiger partial charge is 0.257 e. The van der Waals surface area contributed by atoms with Gasteiger partial charge in [-0.15, -0.1) is 12.4 Å². The summed E-state index contributed by atoms with van der Waals surface area (Å²) in [6, 6.07) is 0. The minimum absolute atomic E-state index is 0. The lowest BCUT2D eigenvalue weighted by molar-refractivity contribution is -0.115. The molecular weight excluding hydrogens is 278 g/mol. The van der Waals surface area contributed by atoms with Gasteiger partial charge in [0.2, 0.25) is 5.91 Å². The number of amides is 1. The van der Waals surface area contributed by atoms with Crippen LogP contribution in [0, 0.1) is 5.92 Å². The molecule has 0 saturated heterocycles. The number of nitrogens with zero attached hydrogens (tertiary/aromatic N) is 2. The molecule has 1 fully saturated rings. The van der Waals surface area contributed by atoms with E-state index in [9.17, 15) is 13.6 Å². The average molecular weight is 295 g/mol. The van der Waals surface area contributed by atoms with Crippen LogP contribution in [0.4, 0.5) is 14.5 Å². The predicted octanol–water partition coefficient (Wildman–Crippen LogP) is 1.51. The first kappa shape index (κ1) is 15.8. The van der Waals surface area contributed by atoms with Gasteiger partial charge in [0.05, 0.1) is 18.4 Å². The van der Waals surface area contributed by atoms with E-state index in [1.165, 1.54) is 25.2 Å². The molecule has 1 aromatic rings. The summed E-state index contributed by atoms with van der Waals surface area (Å²) in [5.41, 5.74) is 0.439. The summed E-state index contributed by atoms with van der Waals surface area (Å²) in [5, 5.41) is 9.38. The van der Waals surface area contributed by atoms with Gasteiger partial charge in [0.15, 0.2) is 0 Å². The van der Waals surface area contributed by atoms with E-state index in [4.69, 9.17) is 0 Å². The molecule has 1 aromatic heterocycles. The second kappa shape index (κ2) is 7.40. The minimum Gasteiger partial charge on any atom is -0.322 e. The highest BCUT2D eigenvalue weighted by molar-refractivity contribution is 5.91. The van der Waals surface area contributed by atoms with E-state index in [0.29, 0.717) is 11.6 Å². The molecule has 1 amide bonds. The van der Waals surface area contributed by atoms with E-state index in [1.807, 2.05) is 0 Å². The maximum Gasteiger partial charge on any atom is 0.257 e. The Hall–Kier alpha value is -1.21. The molecule has 108 valence electrons. The molecule has 1 saturated carbocycles. The molecule has 1 aliphatic rings. The molecule has 8 heteroatoms. The first-order valence-corrected chi connectivity index (χ1v) is 5.94. The summed E-state index contributed by atoms with van der Waals surface area (Å²) in [6.45, 7) is 0.629. The molecule has 2 N–H and O–H groups in total. The van der Waals surface area contributed by atoms with Crippen LogP contribution < -0.4 is 10.6 Å². The van der Waals surface area contributed by atoms with Crippen LogP contribution in [0.2, 0.25) is 0 Å². The molecule has 0 spiro atoms. The number of nitrogens with one attached hydrogen (secondary N) is 2. The molecule has 0 radical (unpaired) electrons.